The average molecular weight is 987 g/mol. The van der Waals surface area contributed by atoms with E-state index in [1.807, 2.05) is 24.4 Å². The molecule has 0 saturated carbocycles. The fourth-order valence-electron chi connectivity index (χ4n) is 8.64. The molecule has 0 N–H and O–H groups in total. The fraction of sp³-hybridized carbons (Fsp3) is 0.143. The van der Waals surface area contributed by atoms with Crippen molar-refractivity contribution < 1.29 is 25.8 Å². The van der Waals surface area contributed by atoms with Crippen LogP contribution in [-0.4, -0.2) is 9.55 Å². The number of rotatable bonds is 7. The molecule has 0 saturated heterocycles. The molecule has 310 valence electrons. The maximum atomic E-state index is 6.70. The summed E-state index contributed by atoms with van der Waals surface area (Å²) in [6.07, 6.45) is 1.92. The minimum Gasteiger partial charge on any atom is -0.509 e. The molecule has 1 aliphatic heterocycles. The van der Waals surface area contributed by atoms with Crippen LogP contribution in [-0.2, 0) is 31.9 Å². The Hall–Kier alpha value is -6.42. The van der Waals surface area contributed by atoms with Gasteiger partial charge in [0.2, 0.25) is 0 Å². The second kappa shape index (κ2) is 16.1. The van der Waals surface area contributed by atoms with Gasteiger partial charge in [-0.2, -0.15) is 12.1 Å². The molecule has 0 fully saturated rings. The van der Waals surface area contributed by atoms with E-state index in [0.717, 1.165) is 67.2 Å². The summed E-state index contributed by atoms with van der Waals surface area (Å²) in [5.41, 5.74) is 13.1. The van der Waals surface area contributed by atoms with Crippen LogP contribution < -0.4 is 14.5 Å². The van der Waals surface area contributed by atoms with Crippen molar-refractivity contribution in [1.29, 1.82) is 0 Å². The number of hydrogen-bond donors (Lipinski definition) is 0. The second-order valence-corrected chi connectivity index (χ2v) is 17.8. The topological polar surface area (TPSA) is 33.5 Å². The monoisotopic (exact) mass is 986 g/mol. The van der Waals surface area contributed by atoms with E-state index < -0.39 is 0 Å². The summed E-state index contributed by atoms with van der Waals surface area (Å²) in [7, 11) is 0. The predicted molar refractivity (Wildman–Crippen MR) is 252 cm³/mol. The molecule has 5 nitrogen and oxygen atoms in total. The third kappa shape index (κ3) is 7.39. The van der Waals surface area contributed by atoms with Crippen molar-refractivity contribution in [1.82, 2.24) is 9.55 Å². The minimum absolute atomic E-state index is 0. The maximum absolute atomic E-state index is 6.70. The number of ether oxygens (including phenoxy) is 1. The van der Waals surface area contributed by atoms with Crippen LogP contribution >= 0.6 is 0 Å². The standard InChI is InChI=1S/C56H47N4O.Pt/c1-55(2,3)40-32-33-57-52(34-40)60-50-29-17-26-47(56(4,5)6)53(50)46-31-30-43(36-51(46)60)61-42-23-15-22-41(35-42)58-37-59(49-28-14-13-27-48(49)58)54-44(38-18-9-7-10-19-38)24-16-25-45(54)39-20-11-8-12-21-39;/h7-34,37H,1-6H3;/q-3;. The average Bonchev–Trinajstić information content (AvgIpc) is 3.82. The first-order chi connectivity index (χ1) is 29.5. The van der Waals surface area contributed by atoms with Gasteiger partial charge >= 0.3 is 0 Å². The van der Waals surface area contributed by atoms with Gasteiger partial charge in [0.15, 0.2) is 0 Å². The number of anilines is 4. The summed E-state index contributed by atoms with van der Waals surface area (Å²) >= 11 is 0. The number of pyridine rings is 1. The van der Waals surface area contributed by atoms with E-state index in [9.17, 15) is 0 Å². The van der Waals surface area contributed by atoms with E-state index >= 15 is 0 Å². The van der Waals surface area contributed by atoms with Crippen LogP contribution in [0, 0.1) is 18.8 Å². The van der Waals surface area contributed by atoms with Gasteiger partial charge in [-0.3, -0.25) is 0 Å². The third-order valence-corrected chi connectivity index (χ3v) is 11.6. The van der Waals surface area contributed by atoms with E-state index in [0.29, 0.717) is 11.5 Å². The summed E-state index contributed by atoms with van der Waals surface area (Å²) in [6, 6.07) is 64.8. The summed E-state index contributed by atoms with van der Waals surface area (Å²) in [5.74, 6) is 2.06. The molecule has 0 bridgehead atoms. The quantitative estimate of drug-likeness (QED) is 0.149. The molecule has 10 rings (SSSR count). The molecule has 1 aliphatic rings. The smallest absolute Gasteiger partial charge is 0.135 e. The van der Waals surface area contributed by atoms with Crippen LogP contribution in [0.3, 0.4) is 0 Å². The molecule has 3 heterocycles. The van der Waals surface area contributed by atoms with E-state index in [1.54, 1.807) is 0 Å². The van der Waals surface area contributed by atoms with Crippen LogP contribution in [0.2, 0.25) is 0 Å². The molecule has 0 atom stereocenters. The molecular weight excluding hydrogens is 940 g/mol. The van der Waals surface area contributed by atoms with E-state index in [4.69, 9.17) is 9.72 Å². The number of hydrogen-bond acceptors (Lipinski definition) is 4. The number of aromatic nitrogens is 2. The first kappa shape index (κ1) is 41.0. The first-order valence-electron chi connectivity index (χ1n) is 21.0. The summed E-state index contributed by atoms with van der Waals surface area (Å²) < 4.78 is 8.94. The minimum atomic E-state index is -0.0720. The third-order valence-electron chi connectivity index (χ3n) is 11.6. The Bertz CT molecular complexity index is 3010. The molecule has 7 aromatic carbocycles. The summed E-state index contributed by atoms with van der Waals surface area (Å²) in [6.45, 7) is 15.7. The molecule has 0 amide bonds. The molecule has 9 aromatic rings. The van der Waals surface area contributed by atoms with Crippen LogP contribution in [0.15, 0.2) is 170 Å². The zero-order chi connectivity index (χ0) is 41.9. The number of para-hydroxylation sites is 3. The largest absolute Gasteiger partial charge is 0.509 e. The van der Waals surface area contributed by atoms with Gasteiger partial charge in [0, 0.05) is 72.5 Å². The SMILES string of the molecule is CC(C)(C)c1ccnc(-n2c3[c-]c(Oc4[c-]c(N5[CH-]N(c6c(-c7ccccc7)cccc6-c6ccccc6)c6ccccc65)ccc4)ccc3c3c(C(C)(C)C)cccc32)c1.[Pt]. The van der Waals surface area contributed by atoms with Crippen molar-refractivity contribution in [2.24, 2.45) is 0 Å². The number of fused-ring (bicyclic) bond motifs is 4. The Morgan fingerprint density at radius 1 is 0.565 bits per heavy atom. The number of benzene rings is 7. The first-order valence-corrected chi connectivity index (χ1v) is 21.0. The van der Waals surface area contributed by atoms with Crippen LogP contribution in [0.4, 0.5) is 22.7 Å². The molecular formula is C56H47N4OPt-3. The normalized spacial score (nSPS) is 12.7. The number of nitrogens with zero attached hydrogens (tertiary/aromatic N) is 4. The van der Waals surface area contributed by atoms with E-state index in [1.165, 1.54) is 16.5 Å². The van der Waals surface area contributed by atoms with Crippen LogP contribution in [0.5, 0.6) is 11.5 Å². The summed E-state index contributed by atoms with van der Waals surface area (Å²) in [5, 5.41) is 2.32. The zero-order valence-electron chi connectivity index (χ0n) is 35.8. The van der Waals surface area contributed by atoms with Crippen LogP contribution in [0.1, 0.15) is 52.7 Å². The molecule has 2 aromatic heterocycles. The van der Waals surface area contributed by atoms with Gasteiger partial charge < -0.3 is 19.1 Å². The Kier molecular flexibility index (Phi) is 10.7. The van der Waals surface area contributed by atoms with Gasteiger partial charge in [-0.25, -0.2) is 4.98 Å². The zero-order valence-corrected chi connectivity index (χ0v) is 38.0. The van der Waals surface area contributed by atoms with E-state index in [2.05, 4.69) is 220 Å². The van der Waals surface area contributed by atoms with Crippen molar-refractivity contribution in [3.05, 3.63) is 200 Å². The van der Waals surface area contributed by atoms with Crippen LogP contribution in [0.25, 0.3) is 49.9 Å². The van der Waals surface area contributed by atoms with Gasteiger partial charge in [-0.05, 0) is 68.8 Å². The second-order valence-electron chi connectivity index (χ2n) is 17.8. The fourth-order valence-corrected chi connectivity index (χ4v) is 8.64. The van der Waals surface area contributed by atoms with Crippen molar-refractivity contribution in [3.8, 4) is 39.6 Å². The van der Waals surface area contributed by atoms with Gasteiger partial charge in [0.05, 0.1) is 0 Å². The predicted octanol–water partition coefficient (Wildman–Crippen LogP) is 14.9. The van der Waals surface area contributed by atoms with Crippen molar-refractivity contribution >= 4 is 44.6 Å². The van der Waals surface area contributed by atoms with Gasteiger partial charge in [-0.15, -0.1) is 48.1 Å². The molecule has 0 aliphatic carbocycles. The van der Waals surface area contributed by atoms with Gasteiger partial charge in [0.1, 0.15) is 5.82 Å². The Morgan fingerprint density at radius 2 is 1.18 bits per heavy atom. The van der Waals surface area contributed by atoms with Gasteiger partial charge in [0.25, 0.3) is 0 Å². The molecule has 62 heavy (non-hydrogen) atoms. The maximum Gasteiger partial charge on any atom is 0.135 e. The Morgan fingerprint density at radius 3 is 1.84 bits per heavy atom. The molecule has 0 unspecified atom stereocenters. The molecule has 0 spiro atoms. The molecule has 6 heteroatoms. The van der Waals surface area contributed by atoms with E-state index in [-0.39, 0.29) is 31.9 Å². The Labute approximate surface area is 379 Å². The summed E-state index contributed by atoms with van der Waals surface area (Å²) in [4.78, 5) is 9.45. The van der Waals surface area contributed by atoms with Crippen molar-refractivity contribution in [3.63, 3.8) is 0 Å². The van der Waals surface area contributed by atoms with Gasteiger partial charge in [-0.1, -0.05) is 150 Å². The Balaban J connectivity index is 0.00000490. The van der Waals surface area contributed by atoms with Crippen molar-refractivity contribution in [2.75, 3.05) is 9.80 Å². The molecule has 0 radical (unpaired) electrons. The van der Waals surface area contributed by atoms with Crippen molar-refractivity contribution in [2.45, 2.75) is 52.4 Å².